The molecule has 0 radical (unpaired) electrons. The van der Waals surface area contributed by atoms with E-state index in [1.54, 1.807) is 11.0 Å². The molecule has 0 aliphatic carbocycles. The number of carbonyl (C=O) groups is 1. The number of benzene rings is 1. The molecule has 0 bridgehead atoms. The molecule has 0 saturated heterocycles. The first-order valence-corrected chi connectivity index (χ1v) is 10.1. The van der Waals surface area contributed by atoms with Crippen LogP contribution in [0.1, 0.15) is 36.4 Å². The summed E-state index contributed by atoms with van der Waals surface area (Å²) in [5.74, 6) is -0.171. The van der Waals surface area contributed by atoms with Crippen molar-refractivity contribution in [2.75, 3.05) is 0 Å². The third-order valence-corrected chi connectivity index (χ3v) is 6.10. The van der Waals surface area contributed by atoms with Gasteiger partial charge in [0.15, 0.2) is 5.17 Å². The van der Waals surface area contributed by atoms with Gasteiger partial charge in [-0.15, -0.1) is 0 Å². The molecule has 0 fully saturated rings. The fraction of sp³-hybridized carbons (Fsp3) is 0.227. The summed E-state index contributed by atoms with van der Waals surface area (Å²) in [6.07, 6.45) is 2.80. The third-order valence-electron chi connectivity index (χ3n) is 5.16. The van der Waals surface area contributed by atoms with Crippen LogP contribution in [0.3, 0.4) is 0 Å². The zero-order chi connectivity index (χ0) is 20.0. The van der Waals surface area contributed by atoms with Gasteiger partial charge in [0, 0.05) is 22.8 Å². The normalized spacial score (nSPS) is 17.9. The van der Waals surface area contributed by atoms with Crippen molar-refractivity contribution in [3.8, 4) is 5.69 Å². The number of amides is 1. The van der Waals surface area contributed by atoms with Crippen molar-refractivity contribution in [3.63, 3.8) is 0 Å². The summed E-state index contributed by atoms with van der Waals surface area (Å²) < 4.78 is 2.17. The Morgan fingerprint density at radius 1 is 1.18 bits per heavy atom. The molecule has 0 saturated carbocycles. The summed E-state index contributed by atoms with van der Waals surface area (Å²) in [6.45, 7) is 8.15. The number of fused-ring (bicyclic) bond motifs is 1. The molecule has 142 valence electrons. The Bertz CT molecular complexity index is 1090. The van der Waals surface area contributed by atoms with Gasteiger partial charge in [-0.2, -0.15) is 4.99 Å². The van der Waals surface area contributed by atoms with E-state index < -0.39 is 0 Å². The molecule has 1 aromatic carbocycles. The molecule has 0 atom stereocenters. The number of allylic oxidation sites excluding steroid dienone is 1. The van der Waals surface area contributed by atoms with E-state index in [-0.39, 0.29) is 11.7 Å². The summed E-state index contributed by atoms with van der Waals surface area (Å²) in [6, 6.07) is 10.6. The van der Waals surface area contributed by atoms with Gasteiger partial charge in [0.1, 0.15) is 5.84 Å². The molecule has 2 aliphatic heterocycles. The highest BCUT2D eigenvalue weighted by Crippen LogP contribution is 2.32. The number of amidine groups is 2. The number of nitrogens with zero attached hydrogens (tertiary/aromatic N) is 3. The largest absolute Gasteiger partial charge is 0.318 e. The standard InChI is InChI=1S/C22H22N4OS/c1-5-16-6-8-18(9-7-16)25-13(2)10-17(15(25)4)11-19-20(23)26-14(3)12-28-22(26)24-21(19)27/h6-12,23H,5H2,1-4H3/b19-11-,23-20?. The van der Waals surface area contributed by atoms with Crippen LogP contribution in [0.4, 0.5) is 0 Å². The van der Waals surface area contributed by atoms with Crippen LogP contribution >= 0.6 is 11.8 Å². The molecule has 0 unspecified atom stereocenters. The first-order chi connectivity index (χ1) is 13.4. The highest BCUT2D eigenvalue weighted by Gasteiger charge is 2.34. The second-order valence-corrected chi connectivity index (χ2v) is 7.84. The monoisotopic (exact) mass is 390 g/mol. The zero-order valence-corrected chi connectivity index (χ0v) is 17.2. The lowest BCUT2D eigenvalue weighted by atomic mass is 10.1. The molecule has 5 nitrogen and oxygen atoms in total. The van der Waals surface area contributed by atoms with E-state index in [4.69, 9.17) is 5.41 Å². The third kappa shape index (κ3) is 2.94. The molecular weight excluding hydrogens is 368 g/mol. The minimum atomic E-state index is -0.357. The molecule has 2 aliphatic rings. The van der Waals surface area contributed by atoms with Crippen LogP contribution < -0.4 is 0 Å². The first-order valence-electron chi connectivity index (χ1n) is 9.26. The van der Waals surface area contributed by atoms with E-state index >= 15 is 0 Å². The van der Waals surface area contributed by atoms with Gasteiger partial charge < -0.3 is 4.57 Å². The van der Waals surface area contributed by atoms with Crippen molar-refractivity contribution in [1.82, 2.24) is 9.47 Å². The molecule has 1 amide bonds. The topological polar surface area (TPSA) is 61.5 Å². The van der Waals surface area contributed by atoms with Gasteiger partial charge in [-0.3, -0.25) is 15.1 Å². The summed E-state index contributed by atoms with van der Waals surface area (Å²) in [5.41, 5.74) is 6.67. The summed E-state index contributed by atoms with van der Waals surface area (Å²) in [5, 5.41) is 11.0. The van der Waals surface area contributed by atoms with Crippen molar-refractivity contribution in [2.45, 2.75) is 34.1 Å². The van der Waals surface area contributed by atoms with Gasteiger partial charge in [-0.1, -0.05) is 30.8 Å². The second kappa shape index (κ2) is 6.95. The molecule has 6 heteroatoms. The number of aryl methyl sites for hydroxylation is 2. The molecule has 1 aromatic heterocycles. The Morgan fingerprint density at radius 3 is 2.57 bits per heavy atom. The lowest BCUT2D eigenvalue weighted by Crippen LogP contribution is -2.37. The average Bonchev–Trinajstić information content (AvgIpc) is 3.18. The summed E-state index contributed by atoms with van der Waals surface area (Å²) in [4.78, 5) is 18.4. The minimum Gasteiger partial charge on any atom is -0.318 e. The van der Waals surface area contributed by atoms with E-state index in [0.29, 0.717) is 10.7 Å². The van der Waals surface area contributed by atoms with Crippen molar-refractivity contribution in [1.29, 1.82) is 5.41 Å². The van der Waals surface area contributed by atoms with Crippen LogP contribution in [0.25, 0.3) is 11.8 Å². The number of hydrogen-bond donors (Lipinski definition) is 1. The van der Waals surface area contributed by atoms with Crippen LogP contribution in [0.5, 0.6) is 0 Å². The van der Waals surface area contributed by atoms with E-state index in [1.807, 2.05) is 19.3 Å². The van der Waals surface area contributed by atoms with Crippen LogP contribution in [-0.2, 0) is 11.2 Å². The fourth-order valence-corrected chi connectivity index (χ4v) is 4.47. The number of thioether (sulfide) groups is 1. The number of rotatable bonds is 3. The van der Waals surface area contributed by atoms with Crippen LogP contribution in [-0.4, -0.2) is 26.4 Å². The van der Waals surface area contributed by atoms with Crippen molar-refractivity contribution < 1.29 is 4.79 Å². The average molecular weight is 391 g/mol. The Hall–Kier alpha value is -2.86. The number of hydrogen-bond acceptors (Lipinski definition) is 3. The maximum absolute atomic E-state index is 12.5. The highest BCUT2D eigenvalue weighted by molar-refractivity contribution is 8.16. The van der Waals surface area contributed by atoms with Gasteiger partial charge in [0.05, 0.1) is 5.57 Å². The molecule has 4 rings (SSSR count). The molecule has 2 aromatic rings. The van der Waals surface area contributed by atoms with Crippen molar-refractivity contribution >= 4 is 34.7 Å². The maximum atomic E-state index is 12.5. The SMILES string of the molecule is CCc1ccc(-n2c(C)cc(/C=C3/C(=N)N4C(C)=CSC4=NC3=O)c2C)cc1. The quantitative estimate of drug-likeness (QED) is 0.764. The minimum absolute atomic E-state index is 0.186. The van der Waals surface area contributed by atoms with E-state index in [2.05, 4.69) is 53.7 Å². The molecule has 28 heavy (non-hydrogen) atoms. The first kappa shape index (κ1) is 18.5. The van der Waals surface area contributed by atoms with E-state index in [1.165, 1.54) is 17.3 Å². The van der Waals surface area contributed by atoms with Gasteiger partial charge in [-0.25, -0.2) is 0 Å². The number of carbonyl (C=O) groups excluding carboxylic acids is 1. The van der Waals surface area contributed by atoms with Gasteiger partial charge in [0.2, 0.25) is 0 Å². The second-order valence-electron chi connectivity index (χ2n) is 7.00. The molecule has 1 N–H and O–H groups in total. The van der Waals surface area contributed by atoms with Crippen molar-refractivity contribution in [2.24, 2.45) is 4.99 Å². The number of aliphatic imine (C=N–C) groups is 1. The zero-order valence-electron chi connectivity index (χ0n) is 16.4. The van der Waals surface area contributed by atoms with E-state index in [0.717, 1.165) is 34.8 Å². The summed E-state index contributed by atoms with van der Waals surface area (Å²) >= 11 is 1.38. The van der Waals surface area contributed by atoms with Gasteiger partial charge in [-0.05, 0) is 68.0 Å². The molecule has 3 heterocycles. The van der Waals surface area contributed by atoms with Crippen LogP contribution in [0.15, 0.2) is 52.0 Å². The van der Waals surface area contributed by atoms with Crippen molar-refractivity contribution in [3.05, 3.63) is 69.5 Å². The van der Waals surface area contributed by atoms with Crippen LogP contribution in [0.2, 0.25) is 0 Å². The Kier molecular flexibility index (Phi) is 4.59. The van der Waals surface area contributed by atoms with E-state index in [9.17, 15) is 4.79 Å². The predicted octanol–water partition coefficient (Wildman–Crippen LogP) is 4.82. The van der Waals surface area contributed by atoms with Crippen LogP contribution in [0, 0.1) is 19.3 Å². The molecule has 0 spiro atoms. The number of nitrogens with one attached hydrogen (secondary N) is 1. The highest BCUT2D eigenvalue weighted by atomic mass is 32.2. The predicted molar refractivity (Wildman–Crippen MR) is 116 cm³/mol. The lowest BCUT2D eigenvalue weighted by molar-refractivity contribution is -0.114. The Labute approximate surface area is 169 Å². The maximum Gasteiger partial charge on any atom is 0.283 e. The Balaban J connectivity index is 1.75. The summed E-state index contributed by atoms with van der Waals surface area (Å²) in [7, 11) is 0. The number of aromatic nitrogens is 1. The smallest absolute Gasteiger partial charge is 0.283 e. The Morgan fingerprint density at radius 2 is 1.89 bits per heavy atom. The lowest BCUT2D eigenvalue weighted by Gasteiger charge is -2.25. The van der Waals surface area contributed by atoms with Gasteiger partial charge >= 0.3 is 0 Å². The molecular formula is C22H22N4OS. The van der Waals surface area contributed by atoms with Gasteiger partial charge in [0.25, 0.3) is 5.91 Å². The fourth-order valence-electron chi connectivity index (χ4n) is 3.61.